The van der Waals surface area contributed by atoms with Crippen LogP contribution in [0.15, 0.2) is 103 Å². The fraction of sp³-hybridized carbons (Fsp3) is 0.0667. The van der Waals surface area contributed by atoms with Gasteiger partial charge in [-0.25, -0.2) is 9.97 Å². The third-order valence-electron chi connectivity index (χ3n) is 7.29. The van der Waals surface area contributed by atoms with E-state index in [-0.39, 0.29) is 0 Å². The minimum Gasteiger partial charge on any atom is -0.278 e. The van der Waals surface area contributed by atoms with Crippen molar-refractivity contribution in [1.82, 2.24) is 14.5 Å². The number of rotatable bonds is 2. The summed E-state index contributed by atoms with van der Waals surface area (Å²) < 4.78 is 2.23. The average molecular weight is 454 g/mol. The van der Waals surface area contributed by atoms with Crippen molar-refractivity contribution in [2.24, 2.45) is 0 Å². The lowest BCUT2D eigenvalue weighted by molar-refractivity contribution is 0.992. The molecular formula is C30H23N3Si. The molecule has 2 aromatic heterocycles. The van der Waals surface area contributed by atoms with Crippen LogP contribution in [0.25, 0.3) is 50.1 Å². The first-order valence-corrected chi connectivity index (χ1v) is 14.7. The first-order valence-electron chi connectivity index (χ1n) is 11.7. The predicted octanol–water partition coefficient (Wildman–Crippen LogP) is 6.04. The third kappa shape index (κ3) is 2.63. The van der Waals surface area contributed by atoms with Gasteiger partial charge in [0.05, 0.1) is 16.7 Å². The Kier molecular flexibility index (Phi) is 4.00. The molecule has 0 unspecified atom stereocenters. The van der Waals surface area contributed by atoms with Crippen LogP contribution in [-0.2, 0) is 0 Å². The first kappa shape index (κ1) is 19.4. The second kappa shape index (κ2) is 6.99. The molecule has 0 aliphatic carbocycles. The zero-order valence-corrected chi connectivity index (χ0v) is 20.2. The largest absolute Gasteiger partial charge is 0.278 e. The lowest BCUT2D eigenvalue weighted by Crippen LogP contribution is -2.49. The van der Waals surface area contributed by atoms with E-state index in [1.807, 2.05) is 30.5 Å². The molecule has 0 N–H and O–H groups in total. The fourth-order valence-corrected chi connectivity index (χ4v) is 8.68. The molecular weight excluding hydrogens is 430 g/mol. The van der Waals surface area contributed by atoms with Gasteiger partial charge in [-0.05, 0) is 39.7 Å². The highest BCUT2D eigenvalue weighted by molar-refractivity contribution is 7.04. The third-order valence-corrected chi connectivity index (χ3v) is 10.8. The minimum atomic E-state index is -1.75. The zero-order chi connectivity index (χ0) is 22.9. The van der Waals surface area contributed by atoms with E-state index in [2.05, 4.69) is 90.5 Å². The highest BCUT2D eigenvalue weighted by Gasteiger charge is 2.38. The Bertz CT molecular complexity index is 1730. The average Bonchev–Trinajstić information content (AvgIpc) is 3.33. The molecule has 162 valence electrons. The maximum atomic E-state index is 5.01. The number of aromatic nitrogens is 3. The Hall–Kier alpha value is -4.02. The van der Waals surface area contributed by atoms with E-state index in [1.165, 1.54) is 32.3 Å². The van der Waals surface area contributed by atoms with Crippen molar-refractivity contribution >= 4 is 40.3 Å². The Balaban J connectivity index is 1.56. The predicted molar refractivity (Wildman–Crippen MR) is 144 cm³/mol. The SMILES string of the molecule is C[Si]1(C)c2ccccc2-c2cc3c(cc21)c1ccccc1n3-c1nccc(-c2ccccc2)n1. The van der Waals surface area contributed by atoms with E-state index in [9.17, 15) is 0 Å². The van der Waals surface area contributed by atoms with Crippen LogP contribution >= 0.6 is 0 Å². The molecule has 4 aromatic carbocycles. The molecule has 0 bridgehead atoms. The van der Waals surface area contributed by atoms with Gasteiger partial charge in [0.1, 0.15) is 8.07 Å². The summed E-state index contributed by atoms with van der Waals surface area (Å²) in [4.78, 5) is 9.75. The van der Waals surface area contributed by atoms with E-state index < -0.39 is 8.07 Å². The summed E-state index contributed by atoms with van der Waals surface area (Å²) in [5, 5.41) is 5.56. The van der Waals surface area contributed by atoms with Gasteiger partial charge in [0.15, 0.2) is 0 Å². The monoisotopic (exact) mass is 453 g/mol. The summed E-state index contributed by atoms with van der Waals surface area (Å²) in [7, 11) is -1.75. The van der Waals surface area contributed by atoms with Crippen molar-refractivity contribution in [2.75, 3.05) is 0 Å². The fourth-order valence-electron chi connectivity index (χ4n) is 5.60. The van der Waals surface area contributed by atoms with Gasteiger partial charge >= 0.3 is 0 Å². The minimum absolute atomic E-state index is 0.704. The van der Waals surface area contributed by atoms with Crippen molar-refractivity contribution in [3.05, 3.63) is 103 Å². The van der Waals surface area contributed by atoms with Crippen LogP contribution < -0.4 is 10.4 Å². The number of hydrogen-bond donors (Lipinski definition) is 0. The molecule has 0 spiro atoms. The quantitative estimate of drug-likeness (QED) is 0.299. The van der Waals surface area contributed by atoms with Gasteiger partial charge in [0.25, 0.3) is 0 Å². The number of benzene rings is 4. The molecule has 0 atom stereocenters. The summed E-state index contributed by atoms with van der Waals surface area (Å²) in [6, 6.07) is 34.7. The molecule has 3 nitrogen and oxygen atoms in total. The molecule has 1 aliphatic rings. The molecule has 6 aromatic rings. The standard InChI is InChI=1S/C30H23N3Si/c1-34(2)28-15-9-7-13-22(28)24-18-27-23(19-29(24)34)21-12-6-8-14-26(21)33(27)30-31-17-16-25(32-30)20-10-4-3-5-11-20/h3-19H,1-2H3. The number of fused-ring (bicyclic) bond motifs is 6. The van der Waals surface area contributed by atoms with Crippen LogP contribution in [0.5, 0.6) is 0 Å². The molecule has 0 fully saturated rings. The molecule has 3 heterocycles. The zero-order valence-electron chi connectivity index (χ0n) is 19.2. The normalized spacial score (nSPS) is 13.8. The highest BCUT2D eigenvalue weighted by Crippen LogP contribution is 2.36. The molecule has 0 amide bonds. The van der Waals surface area contributed by atoms with Crippen LogP contribution in [0.1, 0.15) is 0 Å². The first-order chi connectivity index (χ1) is 16.6. The van der Waals surface area contributed by atoms with Crippen LogP contribution in [0.2, 0.25) is 13.1 Å². The van der Waals surface area contributed by atoms with Crippen molar-refractivity contribution in [3.63, 3.8) is 0 Å². The molecule has 34 heavy (non-hydrogen) atoms. The topological polar surface area (TPSA) is 30.7 Å². The van der Waals surface area contributed by atoms with E-state index in [1.54, 1.807) is 0 Å². The molecule has 7 rings (SSSR count). The summed E-state index contributed by atoms with van der Waals surface area (Å²) in [5.74, 6) is 0.704. The van der Waals surface area contributed by atoms with Gasteiger partial charge in [-0.3, -0.25) is 4.57 Å². The number of para-hydroxylation sites is 1. The molecule has 4 heteroatoms. The van der Waals surface area contributed by atoms with Crippen molar-refractivity contribution in [1.29, 1.82) is 0 Å². The van der Waals surface area contributed by atoms with Crippen molar-refractivity contribution in [2.45, 2.75) is 13.1 Å². The number of nitrogens with zero attached hydrogens (tertiary/aromatic N) is 3. The maximum Gasteiger partial charge on any atom is 0.235 e. The lowest BCUT2D eigenvalue weighted by atomic mass is 10.0. The van der Waals surface area contributed by atoms with E-state index in [0.717, 1.165) is 22.3 Å². The van der Waals surface area contributed by atoms with Gasteiger partial charge in [-0.2, -0.15) is 0 Å². The summed E-state index contributed by atoms with van der Waals surface area (Å²) in [5.41, 5.74) is 7.06. The van der Waals surface area contributed by atoms with Crippen LogP contribution in [-0.4, -0.2) is 22.6 Å². The summed E-state index contributed by atoms with van der Waals surface area (Å²) in [6.45, 7) is 4.93. The van der Waals surface area contributed by atoms with Crippen LogP contribution in [0.3, 0.4) is 0 Å². The van der Waals surface area contributed by atoms with Gasteiger partial charge in [0, 0.05) is 22.5 Å². The summed E-state index contributed by atoms with van der Waals surface area (Å²) >= 11 is 0. The maximum absolute atomic E-state index is 5.01. The van der Waals surface area contributed by atoms with Crippen molar-refractivity contribution < 1.29 is 0 Å². The van der Waals surface area contributed by atoms with Gasteiger partial charge < -0.3 is 0 Å². The Morgan fingerprint density at radius 1 is 0.647 bits per heavy atom. The molecule has 0 radical (unpaired) electrons. The van der Waals surface area contributed by atoms with Crippen LogP contribution in [0.4, 0.5) is 0 Å². The lowest BCUT2D eigenvalue weighted by Gasteiger charge is -2.18. The number of hydrogen-bond acceptors (Lipinski definition) is 2. The van der Waals surface area contributed by atoms with E-state index in [0.29, 0.717) is 5.95 Å². The Morgan fingerprint density at radius 2 is 1.41 bits per heavy atom. The van der Waals surface area contributed by atoms with Crippen molar-refractivity contribution in [3.8, 4) is 28.3 Å². The van der Waals surface area contributed by atoms with E-state index >= 15 is 0 Å². The molecule has 1 aliphatic heterocycles. The van der Waals surface area contributed by atoms with Gasteiger partial charge in [-0.15, -0.1) is 0 Å². The van der Waals surface area contributed by atoms with E-state index in [4.69, 9.17) is 9.97 Å². The second-order valence-electron chi connectivity index (χ2n) is 9.55. The second-order valence-corrected chi connectivity index (χ2v) is 13.9. The Morgan fingerprint density at radius 3 is 2.29 bits per heavy atom. The smallest absolute Gasteiger partial charge is 0.235 e. The van der Waals surface area contributed by atoms with Crippen LogP contribution in [0, 0.1) is 0 Å². The summed E-state index contributed by atoms with van der Waals surface area (Å²) in [6.07, 6.45) is 1.87. The van der Waals surface area contributed by atoms with Gasteiger partial charge in [-0.1, -0.05) is 92.0 Å². The Labute approximate surface area is 199 Å². The molecule has 0 saturated heterocycles. The molecule has 0 saturated carbocycles. The van der Waals surface area contributed by atoms with Gasteiger partial charge in [0.2, 0.25) is 5.95 Å². The highest BCUT2D eigenvalue weighted by atomic mass is 28.3.